The van der Waals surface area contributed by atoms with Crippen LogP contribution in [0.15, 0.2) is 24.3 Å². The van der Waals surface area contributed by atoms with Crippen LogP contribution in [0.3, 0.4) is 0 Å². The third kappa shape index (κ3) is 5.21. The zero-order valence-electron chi connectivity index (χ0n) is 13.2. The van der Waals surface area contributed by atoms with Crippen molar-refractivity contribution < 1.29 is 18.7 Å². The number of urea groups is 1. The summed E-state index contributed by atoms with van der Waals surface area (Å²) < 4.78 is 18.4. The zero-order valence-corrected chi connectivity index (χ0v) is 13.2. The Hall–Kier alpha value is -2.15. The molecule has 1 aliphatic rings. The predicted octanol–water partition coefficient (Wildman–Crippen LogP) is 0.915. The molecule has 3 amide bonds. The second kappa shape index (κ2) is 8.47. The highest BCUT2D eigenvalue weighted by Crippen LogP contribution is 2.12. The van der Waals surface area contributed by atoms with E-state index in [0.717, 1.165) is 5.56 Å². The maximum absolute atomic E-state index is 13.3. The smallest absolute Gasteiger partial charge is 0.317 e. The lowest BCUT2D eigenvalue weighted by Crippen LogP contribution is -2.47. The number of nitrogens with one attached hydrogen (secondary N) is 2. The van der Waals surface area contributed by atoms with Crippen LogP contribution in [0.25, 0.3) is 0 Å². The van der Waals surface area contributed by atoms with E-state index in [2.05, 4.69) is 10.6 Å². The van der Waals surface area contributed by atoms with Crippen molar-refractivity contribution in [3.63, 3.8) is 0 Å². The minimum Gasteiger partial charge on any atom is -0.372 e. The first-order valence-corrected chi connectivity index (χ1v) is 7.73. The van der Waals surface area contributed by atoms with E-state index < -0.39 is 0 Å². The number of ether oxygens (including phenoxy) is 1. The van der Waals surface area contributed by atoms with Crippen LogP contribution in [0.4, 0.5) is 9.18 Å². The van der Waals surface area contributed by atoms with Gasteiger partial charge in [-0.15, -0.1) is 0 Å². The van der Waals surface area contributed by atoms with E-state index >= 15 is 0 Å². The molecule has 1 aliphatic heterocycles. The molecule has 0 unspecified atom stereocenters. The monoisotopic (exact) mass is 323 g/mol. The van der Waals surface area contributed by atoms with Crippen LogP contribution in [-0.4, -0.2) is 55.7 Å². The lowest BCUT2D eigenvalue weighted by molar-refractivity contribution is -0.125. The predicted molar refractivity (Wildman–Crippen MR) is 83.5 cm³/mol. The van der Waals surface area contributed by atoms with Crippen LogP contribution in [0.5, 0.6) is 0 Å². The van der Waals surface area contributed by atoms with Gasteiger partial charge in [0.05, 0.1) is 6.04 Å². The molecule has 1 fully saturated rings. The molecule has 1 heterocycles. The maximum atomic E-state index is 13.3. The van der Waals surface area contributed by atoms with Gasteiger partial charge in [-0.1, -0.05) is 12.1 Å². The average Bonchev–Trinajstić information content (AvgIpc) is 2.95. The molecular weight excluding hydrogens is 301 g/mol. The molecule has 0 saturated carbocycles. The molecule has 126 valence electrons. The molecule has 2 rings (SSSR count). The van der Waals surface area contributed by atoms with Crippen LogP contribution in [-0.2, 0) is 16.0 Å². The minimum absolute atomic E-state index is 0.00458. The SMILES string of the molecule is CCOCC(=O)NC[C@@H](Cc1cccc(F)c1)N1CCNC1=O. The van der Waals surface area contributed by atoms with Crippen molar-refractivity contribution in [2.24, 2.45) is 0 Å². The lowest BCUT2D eigenvalue weighted by atomic mass is 10.0. The molecule has 0 spiro atoms. The van der Waals surface area contributed by atoms with Crippen LogP contribution in [0.2, 0.25) is 0 Å². The van der Waals surface area contributed by atoms with Gasteiger partial charge in [0.2, 0.25) is 5.91 Å². The lowest BCUT2D eigenvalue weighted by Gasteiger charge is -2.27. The highest BCUT2D eigenvalue weighted by atomic mass is 19.1. The largest absolute Gasteiger partial charge is 0.372 e. The second-order valence-corrected chi connectivity index (χ2v) is 5.35. The molecule has 23 heavy (non-hydrogen) atoms. The van der Waals surface area contributed by atoms with Gasteiger partial charge in [-0.2, -0.15) is 0 Å². The normalized spacial score (nSPS) is 15.4. The molecule has 2 N–H and O–H groups in total. The molecule has 1 aromatic carbocycles. The highest BCUT2D eigenvalue weighted by Gasteiger charge is 2.28. The molecule has 1 atom stereocenters. The Kier molecular flexibility index (Phi) is 6.34. The van der Waals surface area contributed by atoms with Crippen molar-refractivity contribution in [3.8, 4) is 0 Å². The summed E-state index contributed by atoms with van der Waals surface area (Å²) >= 11 is 0. The number of nitrogens with zero attached hydrogens (tertiary/aromatic N) is 1. The average molecular weight is 323 g/mol. The van der Waals surface area contributed by atoms with Gasteiger partial charge >= 0.3 is 6.03 Å². The van der Waals surface area contributed by atoms with E-state index in [1.807, 2.05) is 13.0 Å². The minimum atomic E-state index is -0.312. The molecular formula is C16H22FN3O3. The van der Waals surface area contributed by atoms with Crippen molar-refractivity contribution in [1.29, 1.82) is 0 Å². The number of amides is 3. The summed E-state index contributed by atoms with van der Waals surface area (Å²) in [5, 5.41) is 5.52. The van der Waals surface area contributed by atoms with Crippen LogP contribution in [0.1, 0.15) is 12.5 Å². The Labute approximate surface area is 135 Å². The van der Waals surface area contributed by atoms with E-state index in [4.69, 9.17) is 4.74 Å². The molecule has 0 aromatic heterocycles. The fourth-order valence-electron chi connectivity index (χ4n) is 2.54. The number of hydrogen-bond donors (Lipinski definition) is 2. The molecule has 1 aromatic rings. The number of rotatable bonds is 8. The molecule has 7 heteroatoms. The quantitative estimate of drug-likeness (QED) is 0.747. The van der Waals surface area contributed by atoms with Gasteiger partial charge < -0.3 is 20.3 Å². The Bertz CT molecular complexity index is 553. The number of carbonyl (C=O) groups is 2. The number of hydrogen-bond acceptors (Lipinski definition) is 3. The summed E-state index contributed by atoms with van der Waals surface area (Å²) in [6, 6.07) is 5.88. The van der Waals surface area contributed by atoms with Crippen LogP contribution < -0.4 is 10.6 Å². The summed E-state index contributed by atoms with van der Waals surface area (Å²) in [7, 11) is 0. The van der Waals surface area contributed by atoms with Gasteiger partial charge in [-0.25, -0.2) is 9.18 Å². The third-order valence-corrected chi connectivity index (χ3v) is 3.66. The summed E-state index contributed by atoms with van der Waals surface area (Å²) in [4.78, 5) is 25.3. The highest BCUT2D eigenvalue weighted by molar-refractivity contribution is 5.78. The van der Waals surface area contributed by atoms with Crippen LogP contribution >= 0.6 is 0 Å². The molecule has 0 aliphatic carbocycles. The Morgan fingerprint density at radius 2 is 2.35 bits per heavy atom. The molecule has 1 saturated heterocycles. The van der Waals surface area contributed by atoms with E-state index in [9.17, 15) is 14.0 Å². The Balaban J connectivity index is 2.00. The van der Waals surface area contributed by atoms with Crippen molar-refractivity contribution >= 4 is 11.9 Å². The van der Waals surface area contributed by atoms with Gasteiger partial charge in [0.1, 0.15) is 12.4 Å². The van der Waals surface area contributed by atoms with Crippen molar-refractivity contribution in [3.05, 3.63) is 35.6 Å². The first-order valence-electron chi connectivity index (χ1n) is 7.73. The van der Waals surface area contributed by atoms with Gasteiger partial charge in [0.25, 0.3) is 0 Å². The van der Waals surface area contributed by atoms with E-state index in [1.54, 1.807) is 11.0 Å². The van der Waals surface area contributed by atoms with E-state index in [0.29, 0.717) is 32.7 Å². The number of benzene rings is 1. The van der Waals surface area contributed by atoms with Crippen molar-refractivity contribution in [2.75, 3.05) is 32.8 Å². The topological polar surface area (TPSA) is 70.7 Å². The molecule has 0 radical (unpaired) electrons. The Morgan fingerprint density at radius 1 is 1.52 bits per heavy atom. The van der Waals surface area contributed by atoms with Gasteiger partial charge in [-0.3, -0.25) is 4.79 Å². The fourth-order valence-corrected chi connectivity index (χ4v) is 2.54. The van der Waals surface area contributed by atoms with Crippen LogP contribution in [0, 0.1) is 5.82 Å². The van der Waals surface area contributed by atoms with Gasteiger partial charge in [-0.05, 0) is 31.0 Å². The van der Waals surface area contributed by atoms with E-state index in [-0.39, 0.29) is 30.4 Å². The standard InChI is InChI=1S/C16H22FN3O3/c1-2-23-11-15(21)19-10-14(20-7-6-18-16(20)22)9-12-4-3-5-13(17)8-12/h3-5,8,14H,2,6-7,9-11H2,1H3,(H,18,22)(H,19,21)/t14-/m1/s1. The number of halogens is 1. The van der Waals surface area contributed by atoms with Gasteiger partial charge in [0.15, 0.2) is 0 Å². The molecule has 0 bridgehead atoms. The van der Waals surface area contributed by atoms with Gasteiger partial charge in [0, 0.05) is 26.2 Å². The fraction of sp³-hybridized carbons (Fsp3) is 0.500. The third-order valence-electron chi connectivity index (χ3n) is 3.66. The first-order chi connectivity index (χ1) is 11.1. The zero-order chi connectivity index (χ0) is 16.7. The molecule has 6 nitrogen and oxygen atoms in total. The summed E-state index contributed by atoms with van der Waals surface area (Å²) in [5.41, 5.74) is 0.786. The maximum Gasteiger partial charge on any atom is 0.317 e. The van der Waals surface area contributed by atoms with Crippen molar-refractivity contribution in [1.82, 2.24) is 15.5 Å². The summed E-state index contributed by atoms with van der Waals surface area (Å²) in [6.07, 6.45) is 0.472. The number of carbonyl (C=O) groups excluding carboxylic acids is 2. The van der Waals surface area contributed by atoms with Crippen molar-refractivity contribution in [2.45, 2.75) is 19.4 Å². The Morgan fingerprint density at radius 3 is 3.00 bits per heavy atom. The summed E-state index contributed by atoms with van der Waals surface area (Å²) in [5.74, 6) is -0.539. The van der Waals surface area contributed by atoms with E-state index in [1.165, 1.54) is 12.1 Å². The second-order valence-electron chi connectivity index (χ2n) is 5.35. The first kappa shape index (κ1) is 17.2. The summed E-state index contributed by atoms with van der Waals surface area (Å²) in [6.45, 7) is 3.72.